The van der Waals surface area contributed by atoms with Gasteiger partial charge in [-0.25, -0.2) is 13.2 Å². The van der Waals surface area contributed by atoms with Gasteiger partial charge in [-0.3, -0.25) is 0 Å². The lowest BCUT2D eigenvalue weighted by Crippen LogP contribution is -2.09. The lowest BCUT2D eigenvalue weighted by atomic mass is 10.1. The van der Waals surface area contributed by atoms with E-state index >= 15 is 0 Å². The van der Waals surface area contributed by atoms with Crippen molar-refractivity contribution in [3.05, 3.63) is 35.6 Å². The molecule has 0 aliphatic carbocycles. The number of cyclic esters (lactones) is 1. The van der Waals surface area contributed by atoms with Crippen molar-refractivity contribution in [2.24, 2.45) is 0 Å². The van der Waals surface area contributed by atoms with Crippen LogP contribution in [-0.2, 0) is 24.1 Å². The van der Waals surface area contributed by atoms with E-state index in [9.17, 15) is 13.2 Å². The van der Waals surface area contributed by atoms with Crippen LogP contribution < -0.4 is 0 Å². The molecule has 6 heteroatoms. The van der Waals surface area contributed by atoms with Gasteiger partial charge in [-0.2, -0.15) is 0 Å². The zero-order valence-electron chi connectivity index (χ0n) is 11.5. The molecule has 0 N–H and O–H groups in total. The van der Waals surface area contributed by atoms with Crippen LogP contribution in [0.15, 0.2) is 34.9 Å². The van der Waals surface area contributed by atoms with Gasteiger partial charge in [0.2, 0.25) is 5.76 Å². The zero-order chi connectivity index (χ0) is 14.9. The van der Waals surface area contributed by atoms with Gasteiger partial charge >= 0.3 is 5.97 Å². The summed E-state index contributed by atoms with van der Waals surface area (Å²) in [7, 11) is -3.23. The third-order valence-electron chi connectivity index (χ3n) is 2.79. The quantitative estimate of drug-likeness (QED) is 0.792. The molecular weight excluding hydrogens is 280 g/mol. The largest absolute Gasteiger partial charge is 0.484 e. The summed E-state index contributed by atoms with van der Waals surface area (Å²) in [5.41, 5.74) is 1.36. The molecule has 0 unspecified atom stereocenters. The summed E-state index contributed by atoms with van der Waals surface area (Å²) in [6.45, 7) is 3.78. The summed E-state index contributed by atoms with van der Waals surface area (Å²) in [5.74, 6) is -0.284. The van der Waals surface area contributed by atoms with Crippen molar-refractivity contribution in [2.75, 3.05) is 12.9 Å². The molecule has 2 rings (SSSR count). The zero-order valence-corrected chi connectivity index (χ0v) is 12.4. The molecular formula is C14H16O5S. The lowest BCUT2D eigenvalue weighted by molar-refractivity contribution is -0.139. The highest BCUT2D eigenvalue weighted by molar-refractivity contribution is 7.90. The maximum atomic E-state index is 11.6. The fourth-order valence-corrected chi connectivity index (χ4v) is 2.50. The molecule has 1 aromatic rings. The summed E-state index contributed by atoms with van der Waals surface area (Å²) in [5, 5.41) is 0. The van der Waals surface area contributed by atoms with Crippen LogP contribution in [0.25, 0.3) is 5.57 Å². The van der Waals surface area contributed by atoms with Crippen LogP contribution in [0.1, 0.15) is 19.4 Å². The summed E-state index contributed by atoms with van der Waals surface area (Å²) in [6, 6.07) is 6.32. The topological polar surface area (TPSA) is 69.7 Å². The maximum Gasteiger partial charge on any atom is 0.374 e. The minimum Gasteiger partial charge on any atom is -0.484 e. The highest BCUT2D eigenvalue weighted by Gasteiger charge is 2.28. The molecule has 0 amide bonds. The van der Waals surface area contributed by atoms with Gasteiger partial charge in [-0.05, 0) is 31.5 Å². The van der Waals surface area contributed by atoms with Crippen molar-refractivity contribution < 1.29 is 22.7 Å². The molecule has 1 heterocycles. The molecule has 0 atom stereocenters. The van der Waals surface area contributed by atoms with E-state index in [0.29, 0.717) is 5.57 Å². The number of rotatable bonds is 4. The molecule has 0 aromatic heterocycles. The van der Waals surface area contributed by atoms with Crippen LogP contribution in [0.5, 0.6) is 0 Å². The number of benzene rings is 1. The average Bonchev–Trinajstić information content (AvgIpc) is 2.70. The van der Waals surface area contributed by atoms with Crippen LogP contribution in [0.3, 0.4) is 0 Å². The van der Waals surface area contributed by atoms with Crippen molar-refractivity contribution in [1.29, 1.82) is 0 Å². The number of ether oxygens (including phenoxy) is 2. The Kier molecular flexibility index (Phi) is 3.85. The molecule has 1 aromatic carbocycles. The molecule has 0 radical (unpaired) electrons. The molecule has 1 aliphatic heterocycles. The Bertz CT molecular complexity index is 653. The third kappa shape index (κ3) is 3.01. The minimum atomic E-state index is -3.23. The molecule has 0 saturated carbocycles. The first kappa shape index (κ1) is 14.6. The second kappa shape index (κ2) is 5.28. The Morgan fingerprint density at radius 3 is 2.30 bits per heavy atom. The molecule has 0 saturated heterocycles. The SMILES string of the molecule is CC(C)OC1=C(c2ccc(S(C)(=O)=O)cc2)COC1=O. The van der Waals surface area contributed by atoms with E-state index in [4.69, 9.17) is 9.47 Å². The molecule has 108 valence electrons. The smallest absolute Gasteiger partial charge is 0.374 e. The molecule has 0 bridgehead atoms. The third-order valence-corrected chi connectivity index (χ3v) is 3.92. The first-order valence-electron chi connectivity index (χ1n) is 6.16. The predicted molar refractivity (Wildman–Crippen MR) is 73.7 cm³/mol. The first-order chi connectivity index (χ1) is 9.29. The predicted octanol–water partition coefficient (Wildman–Crippen LogP) is 1.78. The van der Waals surface area contributed by atoms with Gasteiger partial charge in [0, 0.05) is 11.8 Å². The highest BCUT2D eigenvalue weighted by atomic mass is 32.2. The number of sulfone groups is 1. The van der Waals surface area contributed by atoms with Gasteiger partial charge in [0.1, 0.15) is 6.61 Å². The van der Waals surface area contributed by atoms with Crippen molar-refractivity contribution in [3.63, 3.8) is 0 Å². The van der Waals surface area contributed by atoms with Gasteiger partial charge in [-0.1, -0.05) is 12.1 Å². The Morgan fingerprint density at radius 2 is 1.80 bits per heavy atom. The van der Waals surface area contributed by atoms with E-state index in [-0.39, 0.29) is 23.4 Å². The minimum absolute atomic E-state index is 0.138. The van der Waals surface area contributed by atoms with Gasteiger partial charge in [0.05, 0.1) is 11.0 Å². The summed E-state index contributed by atoms with van der Waals surface area (Å²) in [6.07, 6.45) is 1.01. The monoisotopic (exact) mass is 296 g/mol. The number of carbonyl (C=O) groups is 1. The molecule has 0 fully saturated rings. The Morgan fingerprint density at radius 1 is 1.20 bits per heavy atom. The standard InChI is InChI=1S/C14H16O5S/c1-9(2)19-13-12(8-18-14(13)15)10-4-6-11(7-5-10)20(3,16)17/h4-7,9H,8H2,1-3H3. The van der Waals surface area contributed by atoms with E-state index in [0.717, 1.165) is 11.8 Å². The van der Waals surface area contributed by atoms with E-state index in [1.54, 1.807) is 12.1 Å². The van der Waals surface area contributed by atoms with Crippen molar-refractivity contribution >= 4 is 21.4 Å². The Hall–Kier alpha value is -1.82. The Labute approximate surface area is 118 Å². The van der Waals surface area contributed by atoms with Crippen LogP contribution in [0.4, 0.5) is 0 Å². The number of carbonyl (C=O) groups excluding carboxylic acids is 1. The van der Waals surface area contributed by atoms with E-state index < -0.39 is 15.8 Å². The van der Waals surface area contributed by atoms with Gasteiger partial charge in [0.25, 0.3) is 0 Å². The summed E-state index contributed by atoms with van der Waals surface area (Å²) in [4.78, 5) is 11.9. The van der Waals surface area contributed by atoms with Crippen molar-refractivity contribution in [3.8, 4) is 0 Å². The van der Waals surface area contributed by atoms with E-state index in [1.807, 2.05) is 13.8 Å². The van der Waals surface area contributed by atoms with Crippen LogP contribution in [0, 0.1) is 0 Å². The van der Waals surface area contributed by atoms with Crippen LogP contribution >= 0.6 is 0 Å². The summed E-state index contributed by atoms with van der Waals surface area (Å²) < 4.78 is 33.3. The summed E-state index contributed by atoms with van der Waals surface area (Å²) >= 11 is 0. The normalized spacial score (nSPS) is 15.7. The first-order valence-corrected chi connectivity index (χ1v) is 8.05. The number of esters is 1. The van der Waals surface area contributed by atoms with E-state index in [1.165, 1.54) is 12.1 Å². The fraction of sp³-hybridized carbons (Fsp3) is 0.357. The Balaban J connectivity index is 2.39. The average molecular weight is 296 g/mol. The van der Waals surface area contributed by atoms with E-state index in [2.05, 4.69) is 0 Å². The maximum absolute atomic E-state index is 11.6. The number of hydrogen-bond donors (Lipinski definition) is 0. The second-order valence-electron chi connectivity index (χ2n) is 4.85. The molecule has 5 nitrogen and oxygen atoms in total. The number of hydrogen-bond acceptors (Lipinski definition) is 5. The molecule has 0 spiro atoms. The van der Waals surface area contributed by atoms with Gasteiger partial charge in [-0.15, -0.1) is 0 Å². The van der Waals surface area contributed by atoms with Crippen molar-refractivity contribution in [1.82, 2.24) is 0 Å². The van der Waals surface area contributed by atoms with Crippen LogP contribution in [0.2, 0.25) is 0 Å². The van der Waals surface area contributed by atoms with Crippen molar-refractivity contribution in [2.45, 2.75) is 24.8 Å². The van der Waals surface area contributed by atoms with Crippen LogP contribution in [-0.4, -0.2) is 33.4 Å². The second-order valence-corrected chi connectivity index (χ2v) is 6.86. The molecule has 1 aliphatic rings. The van der Waals surface area contributed by atoms with Gasteiger partial charge in [0.15, 0.2) is 9.84 Å². The highest BCUT2D eigenvalue weighted by Crippen LogP contribution is 2.28. The lowest BCUT2D eigenvalue weighted by Gasteiger charge is -2.10. The van der Waals surface area contributed by atoms with Gasteiger partial charge < -0.3 is 9.47 Å². The molecule has 20 heavy (non-hydrogen) atoms. The fourth-order valence-electron chi connectivity index (χ4n) is 1.86.